The Balaban J connectivity index is 1.79. The number of likely N-dealkylation sites (N-methyl/N-ethyl adjacent to an activating group) is 1. The molecule has 8 nitrogen and oxygen atoms in total. The zero-order valence-corrected chi connectivity index (χ0v) is 18.9. The Labute approximate surface area is 192 Å². The molecule has 4 heterocycles. The van der Waals surface area contributed by atoms with Gasteiger partial charge >= 0.3 is 0 Å². The van der Waals surface area contributed by atoms with Gasteiger partial charge in [-0.05, 0) is 31.5 Å². The van der Waals surface area contributed by atoms with Crippen molar-refractivity contribution in [2.45, 2.75) is 25.8 Å². The number of hydrogen-bond acceptors (Lipinski definition) is 7. The van der Waals surface area contributed by atoms with Gasteiger partial charge in [-0.25, -0.2) is 0 Å². The van der Waals surface area contributed by atoms with Crippen LogP contribution in [0.3, 0.4) is 0 Å². The lowest BCUT2D eigenvalue weighted by molar-refractivity contribution is -0.121. The van der Waals surface area contributed by atoms with Crippen molar-refractivity contribution in [1.82, 2.24) is 10.2 Å². The van der Waals surface area contributed by atoms with Crippen LogP contribution in [0.25, 0.3) is 11.0 Å². The minimum atomic E-state index is -1.71. The number of hydrogen-bond donors (Lipinski definition) is 0. The van der Waals surface area contributed by atoms with Crippen LogP contribution in [0, 0.1) is 6.92 Å². The van der Waals surface area contributed by atoms with Gasteiger partial charge in [-0.2, -0.15) is 0 Å². The molecule has 33 heavy (non-hydrogen) atoms. The molecule has 2 amide bonds. The predicted octanol–water partition coefficient (Wildman–Crippen LogP) is 3.40. The summed E-state index contributed by atoms with van der Waals surface area (Å²) in [6, 6.07) is 12.4. The second-order valence-corrected chi connectivity index (χ2v) is 9.24. The molecule has 0 bridgehead atoms. The molecule has 0 saturated carbocycles. The van der Waals surface area contributed by atoms with Crippen LogP contribution in [0.5, 0.6) is 0 Å². The van der Waals surface area contributed by atoms with Crippen LogP contribution >= 0.6 is 11.3 Å². The highest BCUT2D eigenvalue weighted by molar-refractivity contribution is 7.15. The molecular formula is C24H18N4O4S. The molecule has 0 radical (unpaired) electrons. The van der Waals surface area contributed by atoms with Gasteiger partial charge in [-0.1, -0.05) is 48.1 Å². The Kier molecular flexibility index (Phi) is 3.95. The predicted molar refractivity (Wildman–Crippen MR) is 124 cm³/mol. The third-order valence-electron chi connectivity index (χ3n) is 6.36. The fraction of sp³-hybridized carbons (Fsp3) is 0.208. The van der Waals surface area contributed by atoms with Gasteiger partial charge in [-0.15, -0.1) is 10.2 Å². The number of carbonyl (C=O) groups excluding carboxylic acids is 2. The molecule has 2 aromatic carbocycles. The molecule has 1 spiro atoms. The first-order valence-electron chi connectivity index (χ1n) is 10.5. The van der Waals surface area contributed by atoms with E-state index in [-0.39, 0.29) is 16.5 Å². The van der Waals surface area contributed by atoms with Crippen molar-refractivity contribution in [3.8, 4) is 0 Å². The standard InChI is InChI=1S/C24H18N4O4S/c1-4-17-25-26-23(33-17)28-21(30)20-18(19(29)13-11-12(2)9-10-16(13)32-20)24(28)14-7-5-6-8-15(14)27(3)22(24)31/h5-11H,4H2,1-3H3. The number of anilines is 2. The molecule has 0 fully saturated rings. The molecule has 0 N–H and O–H groups in total. The van der Waals surface area contributed by atoms with Crippen molar-refractivity contribution in [1.29, 1.82) is 0 Å². The number of nitrogens with zero attached hydrogens (tertiary/aromatic N) is 4. The minimum Gasteiger partial charge on any atom is -0.450 e. The van der Waals surface area contributed by atoms with Crippen molar-refractivity contribution < 1.29 is 14.0 Å². The first-order valence-corrected chi connectivity index (χ1v) is 11.3. The summed E-state index contributed by atoms with van der Waals surface area (Å²) in [5, 5.41) is 9.69. The maximum atomic E-state index is 14.0. The average Bonchev–Trinajstić information content (AvgIpc) is 3.45. The fourth-order valence-corrected chi connectivity index (χ4v) is 5.69. The summed E-state index contributed by atoms with van der Waals surface area (Å²) in [5.41, 5.74) is 0.255. The molecule has 1 atom stereocenters. The summed E-state index contributed by atoms with van der Waals surface area (Å²) in [4.78, 5) is 44.6. The summed E-state index contributed by atoms with van der Waals surface area (Å²) in [6.07, 6.45) is 0.629. The summed E-state index contributed by atoms with van der Waals surface area (Å²) >= 11 is 1.22. The summed E-state index contributed by atoms with van der Waals surface area (Å²) < 4.78 is 6.02. The van der Waals surface area contributed by atoms with Crippen LogP contribution in [0.15, 0.2) is 51.7 Å². The number of para-hydroxylation sites is 1. The van der Waals surface area contributed by atoms with Crippen LogP contribution in [0.1, 0.15) is 39.2 Å². The van der Waals surface area contributed by atoms with E-state index in [0.29, 0.717) is 28.6 Å². The molecular weight excluding hydrogens is 440 g/mol. The third-order valence-corrected chi connectivity index (χ3v) is 7.41. The highest BCUT2D eigenvalue weighted by atomic mass is 32.1. The topological polar surface area (TPSA) is 96.6 Å². The highest BCUT2D eigenvalue weighted by Gasteiger charge is 2.65. The van der Waals surface area contributed by atoms with Crippen LogP contribution in [-0.4, -0.2) is 29.1 Å². The Bertz CT molecular complexity index is 1570. The van der Waals surface area contributed by atoms with E-state index in [1.54, 1.807) is 37.4 Å². The van der Waals surface area contributed by atoms with Crippen molar-refractivity contribution >= 4 is 44.9 Å². The van der Waals surface area contributed by atoms with Crippen LogP contribution in [-0.2, 0) is 16.8 Å². The Morgan fingerprint density at radius 2 is 1.88 bits per heavy atom. The summed E-state index contributed by atoms with van der Waals surface area (Å²) in [6.45, 7) is 3.81. The zero-order valence-electron chi connectivity index (χ0n) is 18.1. The van der Waals surface area contributed by atoms with Crippen LogP contribution in [0.4, 0.5) is 10.8 Å². The normalized spacial score (nSPS) is 19.1. The molecule has 4 aromatic rings. The Hall–Kier alpha value is -3.85. The Morgan fingerprint density at radius 1 is 1.09 bits per heavy atom. The van der Waals surface area contributed by atoms with E-state index in [9.17, 15) is 14.4 Å². The molecule has 164 valence electrons. The minimum absolute atomic E-state index is 0.0284. The van der Waals surface area contributed by atoms with Gasteiger partial charge in [0.05, 0.1) is 10.9 Å². The zero-order chi connectivity index (χ0) is 23.1. The van der Waals surface area contributed by atoms with Gasteiger partial charge in [0.2, 0.25) is 10.9 Å². The monoisotopic (exact) mass is 458 g/mol. The van der Waals surface area contributed by atoms with Crippen molar-refractivity contribution in [2.24, 2.45) is 0 Å². The summed E-state index contributed by atoms with van der Waals surface area (Å²) in [5.74, 6) is -1.13. The van der Waals surface area contributed by atoms with Gasteiger partial charge in [0.1, 0.15) is 10.6 Å². The van der Waals surface area contributed by atoms with Gasteiger partial charge in [0.25, 0.3) is 11.8 Å². The molecule has 1 unspecified atom stereocenters. The van der Waals surface area contributed by atoms with E-state index in [2.05, 4.69) is 10.2 Å². The lowest BCUT2D eigenvalue weighted by Crippen LogP contribution is -2.53. The SMILES string of the molecule is CCc1nnc(N2C(=O)c3oc4ccc(C)cc4c(=O)c3C23C(=O)N(C)c2ccccc23)s1. The first-order chi connectivity index (χ1) is 15.9. The number of aryl methyl sites for hydroxylation is 2. The van der Waals surface area contributed by atoms with Crippen molar-refractivity contribution in [3.63, 3.8) is 0 Å². The maximum absolute atomic E-state index is 14.0. The number of fused-ring (bicyclic) bond motifs is 5. The molecule has 6 rings (SSSR count). The molecule has 0 saturated heterocycles. The number of carbonyl (C=O) groups is 2. The fourth-order valence-electron chi connectivity index (χ4n) is 4.86. The average molecular weight is 458 g/mol. The lowest BCUT2D eigenvalue weighted by Gasteiger charge is -2.31. The summed E-state index contributed by atoms with van der Waals surface area (Å²) in [7, 11) is 1.64. The molecule has 2 aliphatic rings. The number of rotatable bonds is 2. The van der Waals surface area contributed by atoms with Gasteiger partial charge < -0.3 is 9.32 Å². The number of benzene rings is 2. The second-order valence-electron chi connectivity index (χ2n) is 8.20. The molecule has 2 aromatic heterocycles. The molecule has 2 aliphatic heterocycles. The van der Waals surface area contributed by atoms with Gasteiger partial charge in [-0.3, -0.25) is 19.3 Å². The van der Waals surface area contributed by atoms with E-state index in [4.69, 9.17) is 4.42 Å². The van der Waals surface area contributed by atoms with E-state index in [1.807, 2.05) is 26.0 Å². The Morgan fingerprint density at radius 3 is 2.64 bits per heavy atom. The smallest absolute Gasteiger partial charge is 0.297 e. The van der Waals surface area contributed by atoms with E-state index in [0.717, 1.165) is 10.6 Å². The van der Waals surface area contributed by atoms with E-state index >= 15 is 0 Å². The van der Waals surface area contributed by atoms with Gasteiger partial charge in [0, 0.05) is 18.3 Å². The molecule has 9 heteroatoms. The van der Waals surface area contributed by atoms with E-state index < -0.39 is 22.8 Å². The highest BCUT2D eigenvalue weighted by Crippen LogP contribution is 2.53. The largest absolute Gasteiger partial charge is 0.450 e. The van der Waals surface area contributed by atoms with Gasteiger partial charge in [0.15, 0.2) is 11.0 Å². The van der Waals surface area contributed by atoms with Crippen molar-refractivity contribution in [2.75, 3.05) is 16.8 Å². The first kappa shape index (κ1) is 19.8. The molecule has 0 aliphatic carbocycles. The maximum Gasteiger partial charge on any atom is 0.297 e. The van der Waals surface area contributed by atoms with Crippen LogP contribution < -0.4 is 15.2 Å². The second kappa shape index (κ2) is 6.58. The number of aromatic nitrogens is 2. The lowest BCUT2D eigenvalue weighted by atomic mass is 9.84. The van der Waals surface area contributed by atoms with Crippen LogP contribution in [0.2, 0.25) is 0 Å². The quantitative estimate of drug-likeness (QED) is 0.457. The third kappa shape index (κ3) is 2.32. The van der Waals surface area contributed by atoms with Crippen molar-refractivity contribution in [3.05, 3.63) is 80.1 Å². The van der Waals surface area contributed by atoms with E-state index in [1.165, 1.54) is 21.1 Å². The number of amides is 2.